The van der Waals surface area contributed by atoms with Gasteiger partial charge >= 0.3 is 0 Å². The van der Waals surface area contributed by atoms with Gasteiger partial charge in [0, 0.05) is 6.54 Å². The van der Waals surface area contributed by atoms with Gasteiger partial charge in [-0.25, -0.2) is 5.32 Å². The molecule has 1 rings (SSSR count). The molecule has 0 N–H and O–H groups in total. The third-order valence-corrected chi connectivity index (χ3v) is 0.978. The quantitative estimate of drug-likeness (QED) is 0.457. The lowest BCUT2D eigenvalue weighted by molar-refractivity contribution is 0.288. The van der Waals surface area contributed by atoms with Crippen LogP contribution in [-0.4, -0.2) is 20.2 Å². The number of nitrogens with zero attached hydrogens (tertiary/aromatic N) is 1. The van der Waals surface area contributed by atoms with Gasteiger partial charge in [-0.05, 0) is 6.08 Å². The minimum atomic E-state index is 0.774. The van der Waals surface area contributed by atoms with Crippen molar-refractivity contribution in [2.75, 3.05) is 20.2 Å². The minimum absolute atomic E-state index is 0.774. The van der Waals surface area contributed by atoms with Crippen molar-refractivity contribution in [3.05, 3.63) is 11.8 Å². The summed E-state index contributed by atoms with van der Waals surface area (Å²) in [5, 5.41) is 4.02. The first-order valence-corrected chi connectivity index (χ1v) is 2.30. The lowest BCUT2D eigenvalue weighted by Gasteiger charge is -1.93. The molecule has 0 spiro atoms. The summed E-state index contributed by atoms with van der Waals surface area (Å²) in [5.41, 5.74) is 0. The van der Waals surface area contributed by atoms with E-state index in [2.05, 4.69) is 5.32 Å². The van der Waals surface area contributed by atoms with Gasteiger partial charge in [0.1, 0.15) is 5.76 Å². The van der Waals surface area contributed by atoms with E-state index in [1.54, 1.807) is 7.11 Å². The Hall–Kier alpha value is -0.500. The highest BCUT2D eigenvalue weighted by molar-refractivity contribution is 5.02. The van der Waals surface area contributed by atoms with Gasteiger partial charge in [0.05, 0.1) is 13.7 Å². The Balaban J connectivity index is 2.36. The van der Waals surface area contributed by atoms with E-state index in [1.165, 1.54) is 0 Å². The molecule has 0 bridgehead atoms. The highest BCUT2D eigenvalue weighted by Crippen LogP contribution is 1.97. The van der Waals surface area contributed by atoms with Gasteiger partial charge < -0.3 is 4.74 Å². The average molecular weight is 98.1 g/mol. The molecule has 0 amide bonds. The van der Waals surface area contributed by atoms with Crippen molar-refractivity contribution in [1.82, 2.24) is 5.32 Å². The summed E-state index contributed by atoms with van der Waals surface area (Å²) in [6.07, 6.45) is 1.99. The highest BCUT2D eigenvalue weighted by atomic mass is 16.5. The fraction of sp³-hybridized carbons (Fsp3) is 0.600. The van der Waals surface area contributed by atoms with Crippen molar-refractivity contribution in [2.45, 2.75) is 0 Å². The standard InChI is InChI=1S/C5H8NO/c1-7-5-2-3-6-4-5/h2H,3-4H2,1H3. The van der Waals surface area contributed by atoms with E-state index in [4.69, 9.17) is 4.74 Å². The zero-order valence-corrected chi connectivity index (χ0v) is 4.35. The predicted molar refractivity (Wildman–Crippen MR) is 27.0 cm³/mol. The van der Waals surface area contributed by atoms with Crippen LogP contribution in [0.1, 0.15) is 0 Å². The molecule has 1 aliphatic rings. The second kappa shape index (κ2) is 1.98. The van der Waals surface area contributed by atoms with Crippen molar-refractivity contribution >= 4 is 0 Å². The maximum atomic E-state index is 4.88. The van der Waals surface area contributed by atoms with E-state index in [9.17, 15) is 0 Å². The van der Waals surface area contributed by atoms with Gasteiger partial charge in [-0.1, -0.05) is 0 Å². The molecule has 1 aliphatic heterocycles. The summed E-state index contributed by atoms with van der Waals surface area (Å²) in [4.78, 5) is 0. The maximum absolute atomic E-state index is 4.88. The topological polar surface area (TPSA) is 23.3 Å². The van der Waals surface area contributed by atoms with Crippen LogP contribution in [0, 0.1) is 0 Å². The smallest absolute Gasteiger partial charge is 0.108 e. The van der Waals surface area contributed by atoms with E-state index in [0.717, 1.165) is 18.8 Å². The molecule has 2 nitrogen and oxygen atoms in total. The van der Waals surface area contributed by atoms with Crippen LogP contribution in [0.3, 0.4) is 0 Å². The normalized spacial score (nSPS) is 19.3. The number of ether oxygens (including phenoxy) is 1. The number of hydrogen-bond donors (Lipinski definition) is 0. The number of hydrogen-bond acceptors (Lipinski definition) is 1. The van der Waals surface area contributed by atoms with Gasteiger partial charge in [0.25, 0.3) is 0 Å². The average Bonchev–Trinajstić information content (AvgIpc) is 2.14. The van der Waals surface area contributed by atoms with Crippen molar-refractivity contribution in [2.24, 2.45) is 0 Å². The van der Waals surface area contributed by atoms with E-state index in [0.29, 0.717) is 0 Å². The van der Waals surface area contributed by atoms with E-state index in [-0.39, 0.29) is 0 Å². The SMILES string of the molecule is COC1=CC[N]C1. The Labute approximate surface area is 43.2 Å². The van der Waals surface area contributed by atoms with Gasteiger partial charge in [-0.15, -0.1) is 0 Å². The van der Waals surface area contributed by atoms with Crippen LogP contribution in [0.4, 0.5) is 0 Å². The molecule has 0 aromatic heterocycles. The molecule has 0 aromatic carbocycles. The predicted octanol–water partition coefficient (Wildman–Crippen LogP) is 0.135. The molecule has 0 atom stereocenters. The molecular weight excluding hydrogens is 90.1 g/mol. The first-order valence-electron chi connectivity index (χ1n) is 2.30. The van der Waals surface area contributed by atoms with Crippen LogP contribution in [-0.2, 0) is 4.74 Å². The zero-order chi connectivity index (χ0) is 5.11. The molecule has 1 heterocycles. The second-order valence-electron chi connectivity index (χ2n) is 1.44. The Morgan fingerprint density at radius 1 is 1.86 bits per heavy atom. The van der Waals surface area contributed by atoms with Gasteiger partial charge in [-0.3, -0.25) is 0 Å². The lowest BCUT2D eigenvalue weighted by Crippen LogP contribution is -1.98. The molecule has 0 saturated heterocycles. The van der Waals surface area contributed by atoms with E-state index < -0.39 is 0 Å². The third-order valence-electron chi connectivity index (χ3n) is 0.978. The molecule has 0 unspecified atom stereocenters. The number of methoxy groups -OCH3 is 1. The van der Waals surface area contributed by atoms with Crippen LogP contribution in [0.5, 0.6) is 0 Å². The molecule has 1 radical (unpaired) electrons. The van der Waals surface area contributed by atoms with Crippen molar-refractivity contribution < 1.29 is 4.74 Å². The molecule has 0 aromatic rings. The monoisotopic (exact) mass is 98.1 g/mol. The lowest BCUT2D eigenvalue weighted by atomic mass is 10.5. The van der Waals surface area contributed by atoms with E-state index in [1.807, 2.05) is 6.08 Å². The Kier molecular flexibility index (Phi) is 1.32. The first-order chi connectivity index (χ1) is 3.43. The van der Waals surface area contributed by atoms with Crippen LogP contribution in [0.2, 0.25) is 0 Å². The van der Waals surface area contributed by atoms with Crippen molar-refractivity contribution in [3.63, 3.8) is 0 Å². The largest absolute Gasteiger partial charge is 0.500 e. The molecule has 0 fully saturated rings. The van der Waals surface area contributed by atoms with E-state index >= 15 is 0 Å². The highest BCUT2D eigenvalue weighted by Gasteiger charge is 2.01. The molecule has 0 aliphatic carbocycles. The summed E-state index contributed by atoms with van der Waals surface area (Å²) in [5.74, 6) is 1.00. The molecule has 2 heteroatoms. The van der Waals surface area contributed by atoms with Crippen molar-refractivity contribution in [1.29, 1.82) is 0 Å². The van der Waals surface area contributed by atoms with Crippen LogP contribution in [0.25, 0.3) is 0 Å². The van der Waals surface area contributed by atoms with Gasteiger partial charge in [0.2, 0.25) is 0 Å². The van der Waals surface area contributed by atoms with Crippen LogP contribution < -0.4 is 5.32 Å². The summed E-state index contributed by atoms with van der Waals surface area (Å²) in [6, 6.07) is 0. The third kappa shape index (κ3) is 0.933. The summed E-state index contributed by atoms with van der Waals surface area (Å²) in [7, 11) is 1.67. The Bertz CT molecular complexity index is 88.1. The molecule has 7 heavy (non-hydrogen) atoms. The molecular formula is C5H8NO. The first kappa shape index (κ1) is 4.65. The Morgan fingerprint density at radius 2 is 2.71 bits per heavy atom. The molecule has 39 valence electrons. The summed E-state index contributed by atoms with van der Waals surface area (Å²) in [6.45, 7) is 1.61. The fourth-order valence-electron chi connectivity index (χ4n) is 0.554. The Morgan fingerprint density at radius 3 is 3.00 bits per heavy atom. The van der Waals surface area contributed by atoms with Crippen molar-refractivity contribution in [3.8, 4) is 0 Å². The van der Waals surface area contributed by atoms with Gasteiger partial charge in [-0.2, -0.15) is 0 Å². The van der Waals surface area contributed by atoms with Crippen LogP contribution in [0.15, 0.2) is 11.8 Å². The maximum Gasteiger partial charge on any atom is 0.108 e. The summed E-state index contributed by atoms with van der Waals surface area (Å²) >= 11 is 0. The van der Waals surface area contributed by atoms with Gasteiger partial charge in [0.15, 0.2) is 0 Å². The minimum Gasteiger partial charge on any atom is -0.500 e. The zero-order valence-electron chi connectivity index (χ0n) is 4.35. The summed E-state index contributed by atoms with van der Waals surface area (Å²) < 4.78 is 4.88. The fourth-order valence-corrected chi connectivity index (χ4v) is 0.554. The second-order valence-corrected chi connectivity index (χ2v) is 1.44. The molecule has 0 saturated carbocycles. The number of rotatable bonds is 1. The van der Waals surface area contributed by atoms with Crippen LogP contribution >= 0.6 is 0 Å².